The van der Waals surface area contributed by atoms with Gasteiger partial charge in [0.05, 0.1) is 25.0 Å². The van der Waals surface area contributed by atoms with Crippen LogP contribution in [0.3, 0.4) is 0 Å². The first-order valence-electron chi connectivity index (χ1n) is 8.79. The van der Waals surface area contributed by atoms with Crippen molar-refractivity contribution in [3.05, 3.63) is 47.5 Å². The predicted molar refractivity (Wildman–Crippen MR) is 98.6 cm³/mol. The van der Waals surface area contributed by atoms with Crippen LogP contribution in [0.2, 0.25) is 0 Å². The number of nitrogens with zero attached hydrogens (tertiary/aromatic N) is 1. The lowest BCUT2D eigenvalue weighted by Gasteiger charge is -2.21. The normalized spacial score (nSPS) is 15.9. The molecule has 0 atom stereocenters. The van der Waals surface area contributed by atoms with Gasteiger partial charge in [0.15, 0.2) is 5.76 Å². The zero-order valence-electron chi connectivity index (χ0n) is 15.4. The largest absolute Gasteiger partial charge is 0.503 e. The monoisotopic (exact) mass is 414 g/mol. The standard InChI is InChI=1S/C18H23FN2O6S/c1-27-21(12-13-7-9-14(19)10-8-13)17(23)11-16(22)18(24)20-28(25,26)15-5-3-2-4-6-15/h7-11,15,22H,2-6,12H2,1H3,(H,20,24)/b16-11-. The number of hydrogen-bond donors (Lipinski definition) is 2. The van der Waals surface area contributed by atoms with Crippen molar-refractivity contribution in [2.45, 2.75) is 43.9 Å². The zero-order chi connectivity index (χ0) is 20.7. The first-order valence-corrected chi connectivity index (χ1v) is 10.3. The highest BCUT2D eigenvalue weighted by atomic mass is 32.2. The summed E-state index contributed by atoms with van der Waals surface area (Å²) >= 11 is 0. The number of hydroxylamine groups is 2. The molecule has 1 saturated carbocycles. The molecule has 1 aliphatic carbocycles. The fourth-order valence-electron chi connectivity index (χ4n) is 2.88. The summed E-state index contributed by atoms with van der Waals surface area (Å²) in [6.45, 7) is -0.0681. The van der Waals surface area contributed by atoms with Crippen LogP contribution in [0, 0.1) is 5.82 Å². The second kappa shape index (κ2) is 9.65. The number of nitrogens with one attached hydrogen (secondary N) is 1. The van der Waals surface area contributed by atoms with Crippen LogP contribution >= 0.6 is 0 Å². The van der Waals surface area contributed by atoms with Gasteiger partial charge >= 0.3 is 0 Å². The number of carbonyl (C=O) groups excluding carboxylic acids is 2. The number of amides is 2. The van der Waals surface area contributed by atoms with Crippen LogP contribution in [0.1, 0.15) is 37.7 Å². The Morgan fingerprint density at radius 2 is 1.86 bits per heavy atom. The summed E-state index contributed by atoms with van der Waals surface area (Å²) in [5, 5.41) is 9.96. The van der Waals surface area contributed by atoms with E-state index in [-0.39, 0.29) is 6.54 Å². The third kappa shape index (κ3) is 6.03. The Kier molecular flexibility index (Phi) is 7.53. The summed E-state index contributed by atoms with van der Waals surface area (Å²) in [6, 6.07) is 5.32. The molecule has 28 heavy (non-hydrogen) atoms. The van der Waals surface area contributed by atoms with E-state index >= 15 is 0 Å². The Bertz CT molecular complexity index is 832. The fourth-order valence-corrected chi connectivity index (χ4v) is 4.37. The topological polar surface area (TPSA) is 113 Å². The number of benzene rings is 1. The van der Waals surface area contributed by atoms with Crippen molar-refractivity contribution >= 4 is 21.8 Å². The van der Waals surface area contributed by atoms with Gasteiger partial charge in [-0.1, -0.05) is 31.4 Å². The molecule has 1 aliphatic rings. The number of halogens is 1. The van der Waals surface area contributed by atoms with E-state index in [1.54, 1.807) is 4.72 Å². The summed E-state index contributed by atoms with van der Waals surface area (Å²) in [5.41, 5.74) is 0.550. The lowest BCUT2D eigenvalue weighted by atomic mass is 10.0. The third-order valence-corrected chi connectivity index (χ3v) is 6.24. The van der Waals surface area contributed by atoms with Gasteiger partial charge in [0, 0.05) is 0 Å². The Morgan fingerprint density at radius 1 is 1.25 bits per heavy atom. The summed E-state index contributed by atoms with van der Waals surface area (Å²) in [5.74, 6) is -3.65. The molecular weight excluding hydrogens is 391 g/mol. The van der Waals surface area contributed by atoms with Crippen LogP contribution < -0.4 is 4.72 Å². The lowest BCUT2D eigenvalue weighted by Crippen LogP contribution is -2.40. The molecule has 1 fully saturated rings. The number of aliphatic hydroxyl groups is 1. The molecule has 0 spiro atoms. The molecule has 10 heteroatoms. The van der Waals surface area contributed by atoms with Gasteiger partial charge in [0.25, 0.3) is 11.8 Å². The fraction of sp³-hybridized carbons (Fsp3) is 0.444. The molecule has 0 unspecified atom stereocenters. The highest BCUT2D eigenvalue weighted by Crippen LogP contribution is 2.23. The van der Waals surface area contributed by atoms with Gasteiger partial charge in [0.2, 0.25) is 10.0 Å². The van der Waals surface area contributed by atoms with E-state index in [2.05, 4.69) is 0 Å². The van der Waals surface area contributed by atoms with E-state index < -0.39 is 38.7 Å². The summed E-state index contributed by atoms with van der Waals surface area (Å²) in [7, 11) is -2.73. The summed E-state index contributed by atoms with van der Waals surface area (Å²) < 4.78 is 39.2. The second-order valence-electron chi connectivity index (χ2n) is 6.45. The van der Waals surface area contributed by atoms with Gasteiger partial charge in [-0.05, 0) is 30.5 Å². The third-order valence-electron chi connectivity index (χ3n) is 4.42. The van der Waals surface area contributed by atoms with Crippen LogP contribution in [0.4, 0.5) is 4.39 Å². The van der Waals surface area contributed by atoms with Gasteiger partial charge in [-0.2, -0.15) is 0 Å². The first-order chi connectivity index (χ1) is 13.2. The molecule has 2 rings (SSSR count). The number of sulfonamides is 1. The Balaban J connectivity index is 2.01. The molecule has 154 valence electrons. The Morgan fingerprint density at radius 3 is 2.43 bits per heavy atom. The minimum Gasteiger partial charge on any atom is -0.503 e. The smallest absolute Gasteiger partial charge is 0.299 e. The van der Waals surface area contributed by atoms with E-state index in [0.717, 1.165) is 24.3 Å². The molecule has 1 aromatic rings. The molecule has 0 saturated heterocycles. The van der Waals surface area contributed by atoms with Crippen LogP contribution in [0.5, 0.6) is 0 Å². The van der Waals surface area contributed by atoms with Crippen molar-refractivity contribution in [2.24, 2.45) is 0 Å². The molecule has 0 radical (unpaired) electrons. The van der Waals surface area contributed by atoms with Crippen molar-refractivity contribution in [1.29, 1.82) is 0 Å². The lowest BCUT2D eigenvalue weighted by molar-refractivity contribution is -0.173. The van der Waals surface area contributed by atoms with E-state index in [9.17, 15) is 27.5 Å². The first kappa shape index (κ1) is 21.8. The number of carbonyl (C=O) groups is 2. The van der Waals surface area contributed by atoms with Crippen molar-refractivity contribution in [3.8, 4) is 0 Å². The molecule has 0 aliphatic heterocycles. The van der Waals surface area contributed by atoms with Crippen LogP contribution in [0.25, 0.3) is 0 Å². The molecule has 2 N–H and O–H groups in total. The van der Waals surface area contributed by atoms with Gasteiger partial charge in [-0.25, -0.2) is 22.6 Å². The molecule has 1 aromatic carbocycles. The maximum atomic E-state index is 12.9. The average molecular weight is 414 g/mol. The second-order valence-corrected chi connectivity index (χ2v) is 8.41. The quantitative estimate of drug-likeness (QED) is 0.401. The van der Waals surface area contributed by atoms with E-state index in [0.29, 0.717) is 24.5 Å². The van der Waals surface area contributed by atoms with Gasteiger partial charge < -0.3 is 5.11 Å². The SMILES string of the molecule is CON(Cc1ccc(F)cc1)C(=O)/C=C(\O)C(=O)NS(=O)(=O)C1CCCCC1. The van der Waals surface area contributed by atoms with E-state index in [1.165, 1.54) is 31.4 Å². The zero-order valence-corrected chi connectivity index (χ0v) is 16.2. The molecule has 2 amide bonds. The van der Waals surface area contributed by atoms with E-state index in [4.69, 9.17) is 4.84 Å². The van der Waals surface area contributed by atoms with Crippen molar-refractivity contribution in [3.63, 3.8) is 0 Å². The average Bonchev–Trinajstić information content (AvgIpc) is 2.67. The van der Waals surface area contributed by atoms with Crippen LogP contribution in [-0.2, 0) is 31.0 Å². The van der Waals surface area contributed by atoms with Crippen molar-refractivity contribution < 1.29 is 32.3 Å². The predicted octanol–water partition coefficient (Wildman–Crippen LogP) is 1.94. The maximum Gasteiger partial charge on any atom is 0.299 e. The molecular formula is C18H23FN2O6S. The summed E-state index contributed by atoms with van der Waals surface area (Å²) in [4.78, 5) is 29.1. The van der Waals surface area contributed by atoms with Gasteiger partial charge in [-0.3, -0.25) is 14.4 Å². The van der Waals surface area contributed by atoms with Crippen LogP contribution in [-0.4, -0.2) is 42.8 Å². The van der Waals surface area contributed by atoms with E-state index in [1.807, 2.05) is 0 Å². The van der Waals surface area contributed by atoms with Crippen molar-refractivity contribution in [1.82, 2.24) is 9.79 Å². The summed E-state index contributed by atoms with van der Waals surface area (Å²) in [6.07, 6.45) is 3.92. The minimum absolute atomic E-state index is 0.0681. The minimum atomic E-state index is -3.93. The van der Waals surface area contributed by atoms with Crippen molar-refractivity contribution in [2.75, 3.05) is 7.11 Å². The Hall–Kier alpha value is -2.46. The maximum absolute atomic E-state index is 12.9. The van der Waals surface area contributed by atoms with Crippen LogP contribution in [0.15, 0.2) is 36.1 Å². The Labute approximate surface area is 163 Å². The highest BCUT2D eigenvalue weighted by Gasteiger charge is 2.30. The number of aliphatic hydroxyl groups excluding tert-OH is 1. The highest BCUT2D eigenvalue weighted by molar-refractivity contribution is 7.90. The van der Waals surface area contributed by atoms with Gasteiger partial charge in [0.1, 0.15) is 5.82 Å². The number of rotatable bonds is 7. The molecule has 8 nitrogen and oxygen atoms in total. The van der Waals surface area contributed by atoms with Gasteiger partial charge in [-0.15, -0.1) is 0 Å². The number of hydrogen-bond acceptors (Lipinski definition) is 6. The molecule has 0 heterocycles. The molecule has 0 bridgehead atoms. The molecule has 0 aromatic heterocycles.